The van der Waals surface area contributed by atoms with E-state index in [1.807, 2.05) is 0 Å². The number of hydrogen-bond acceptors (Lipinski definition) is 2. The molecule has 12 heteroatoms. The predicted octanol–water partition coefficient (Wildman–Crippen LogP) is 4.04. The van der Waals surface area contributed by atoms with Crippen molar-refractivity contribution in [1.29, 1.82) is 0 Å². The number of nitrogens with zero attached hydrogens (tertiary/aromatic N) is 1. The van der Waals surface area contributed by atoms with Crippen molar-refractivity contribution in [3.05, 3.63) is 0 Å². The Hall–Kier alpha value is -1.62. The second-order valence-corrected chi connectivity index (χ2v) is 5.83. The maximum Gasteiger partial charge on any atom is 0.410 e. The van der Waals surface area contributed by atoms with Crippen LogP contribution in [0.2, 0.25) is 0 Å². The summed E-state index contributed by atoms with van der Waals surface area (Å²) in [4.78, 5) is 22.3. The highest BCUT2D eigenvalue weighted by Gasteiger charge is 2.85. The Morgan fingerprint density at radius 1 is 0.808 bits per heavy atom. The summed E-state index contributed by atoms with van der Waals surface area (Å²) in [6, 6.07) is -2.18. The second kappa shape index (κ2) is 7.55. The summed E-state index contributed by atoms with van der Waals surface area (Å²) in [6.07, 6.45) is -0.0289. The monoisotopic (exact) mass is 401 g/mol. The van der Waals surface area contributed by atoms with E-state index in [0.717, 1.165) is 0 Å². The zero-order valence-corrected chi connectivity index (χ0v) is 14.3. The number of halogens is 8. The van der Waals surface area contributed by atoms with Crippen LogP contribution in [0.4, 0.5) is 35.1 Å². The first-order valence-electron chi connectivity index (χ1n) is 7.52. The molecule has 0 aliphatic rings. The molecule has 1 amide bonds. The summed E-state index contributed by atoms with van der Waals surface area (Å²) in [7, 11) is 0. The Kier molecular flexibility index (Phi) is 7.08. The Balaban J connectivity index is 6.26. The van der Waals surface area contributed by atoms with Gasteiger partial charge in [0.15, 0.2) is 0 Å². The van der Waals surface area contributed by atoms with Crippen LogP contribution in [0, 0.1) is 0 Å². The van der Waals surface area contributed by atoms with E-state index in [-0.39, 0.29) is 17.7 Å². The van der Waals surface area contributed by atoms with E-state index in [1.54, 1.807) is 0 Å². The molecule has 4 nitrogen and oxygen atoms in total. The third kappa shape index (κ3) is 3.59. The van der Waals surface area contributed by atoms with Crippen LogP contribution in [0.1, 0.15) is 40.5 Å². The smallest absolute Gasteiger partial charge is 0.410 e. The third-order valence-electron chi connectivity index (χ3n) is 4.09. The van der Waals surface area contributed by atoms with Gasteiger partial charge in [0.1, 0.15) is 0 Å². The van der Waals surface area contributed by atoms with Crippen molar-refractivity contribution in [1.82, 2.24) is 4.90 Å². The van der Waals surface area contributed by atoms with Crippen LogP contribution in [0.3, 0.4) is 0 Å². The normalized spacial score (nSPS) is 16.2. The number of amides is 1. The number of carboxylic acids is 1. The number of aliphatic carboxylic acids is 1. The molecule has 0 aromatic rings. The SMILES string of the molecule is CCC(C)N(C(=O)C(F)(F)C(F)(F)C(F)(F)C(F)(F)C(=O)O)C(C)CC. The van der Waals surface area contributed by atoms with E-state index in [4.69, 9.17) is 5.11 Å². The number of rotatable bonds is 9. The molecule has 0 radical (unpaired) electrons. The Morgan fingerprint density at radius 2 is 1.12 bits per heavy atom. The highest BCUT2D eigenvalue weighted by Crippen LogP contribution is 2.53. The maximum atomic E-state index is 14.0. The molecule has 1 N–H and O–H groups in total. The number of carbonyl (C=O) groups is 2. The van der Waals surface area contributed by atoms with Crippen molar-refractivity contribution in [3.8, 4) is 0 Å². The van der Waals surface area contributed by atoms with Gasteiger partial charge in [-0.1, -0.05) is 13.8 Å². The van der Waals surface area contributed by atoms with Gasteiger partial charge in [-0.25, -0.2) is 4.79 Å². The topological polar surface area (TPSA) is 57.6 Å². The van der Waals surface area contributed by atoms with Crippen molar-refractivity contribution in [3.63, 3.8) is 0 Å². The van der Waals surface area contributed by atoms with Crippen LogP contribution in [-0.4, -0.2) is 57.7 Å². The lowest BCUT2D eigenvalue weighted by Crippen LogP contribution is -2.69. The molecule has 0 saturated carbocycles. The average Bonchev–Trinajstić information content (AvgIpc) is 2.53. The molecule has 0 spiro atoms. The third-order valence-corrected chi connectivity index (χ3v) is 4.09. The summed E-state index contributed by atoms with van der Waals surface area (Å²) in [5, 5.41) is 8.00. The van der Waals surface area contributed by atoms with Crippen LogP contribution in [0.25, 0.3) is 0 Å². The summed E-state index contributed by atoms with van der Waals surface area (Å²) in [6.45, 7) is 5.16. The Bertz CT molecular complexity index is 528. The highest BCUT2D eigenvalue weighted by molar-refractivity contribution is 5.86. The highest BCUT2D eigenvalue weighted by atomic mass is 19.4. The van der Waals surface area contributed by atoms with Gasteiger partial charge in [-0.15, -0.1) is 0 Å². The Morgan fingerprint density at radius 3 is 1.38 bits per heavy atom. The second-order valence-electron chi connectivity index (χ2n) is 5.83. The summed E-state index contributed by atoms with van der Waals surface area (Å²) in [5.41, 5.74) is 0. The van der Waals surface area contributed by atoms with Gasteiger partial charge in [-0.3, -0.25) is 4.79 Å². The van der Waals surface area contributed by atoms with Crippen LogP contribution < -0.4 is 0 Å². The molecule has 0 aromatic heterocycles. The summed E-state index contributed by atoms with van der Waals surface area (Å²) in [5.74, 6) is -33.3. The van der Waals surface area contributed by atoms with Crippen molar-refractivity contribution in [2.24, 2.45) is 0 Å². The molecule has 0 fully saturated rings. The van der Waals surface area contributed by atoms with Crippen molar-refractivity contribution < 1.29 is 49.8 Å². The minimum absolute atomic E-state index is 0.0145. The molecule has 154 valence electrons. The molecule has 0 rings (SSSR count). The fourth-order valence-corrected chi connectivity index (χ4v) is 2.05. The number of hydrogen-bond donors (Lipinski definition) is 1. The zero-order valence-electron chi connectivity index (χ0n) is 14.3. The van der Waals surface area contributed by atoms with Crippen LogP contribution in [-0.2, 0) is 9.59 Å². The molecule has 0 saturated heterocycles. The fraction of sp³-hybridized carbons (Fsp3) is 0.857. The average molecular weight is 401 g/mol. The molecule has 2 atom stereocenters. The quantitative estimate of drug-likeness (QED) is 0.594. The van der Waals surface area contributed by atoms with E-state index in [2.05, 4.69) is 0 Å². The molecule has 26 heavy (non-hydrogen) atoms. The molecule has 0 heterocycles. The standard InChI is InChI=1S/C14H19F8NO3/c1-5-7(3)23(8(4)6-2)9(24)11(15,16)13(19,20)14(21,22)12(17,18)10(25)26/h7-8H,5-6H2,1-4H3,(H,25,26). The largest absolute Gasteiger partial charge is 0.477 e. The predicted molar refractivity (Wildman–Crippen MR) is 73.8 cm³/mol. The Labute approximate surface area is 144 Å². The molecule has 0 bridgehead atoms. The summed E-state index contributed by atoms with van der Waals surface area (Å²) < 4.78 is 108. The van der Waals surface area contributed by atoms with E-state index in [0.29, 0.717) is 0 Å². The van der Waals surface area contributed by atoms with E-state index in [9.17, 15) is 44.7 Å². The minimum Gasteiger partial charge on any atom is -0.477 e. The molecule has 2 unspecified atom stereocenters. The van der Waals surface area contributed by atoms with Gasteiger partial charge >= 0.3 is 29.7 Å². The van der Waals surface area contributed by atoms with E-state index >= 15 is 0 Å². The maximum absolute atomic E-state index is 14.0. The zero-order chi connectivity index (χ0) is 21.3. The van der Waals surface area contributed by atoms with Crippen LogP contribution >= 0.6 is 0 Å². The lowest BCUT2D eigenvalue weighted by molar-refractivity contribution is -0.352. The van der Waals surface area contributed by atoms with Crippen molar-refractivity contribution in [2.75, 3.05) is 0 Å². The van der Waals surface area contributed by atoms with Gasteiger partial charge in [0.25, 0.3) is 5.91 Å². The van der Waals surface area contributed by atoms with Crippen LogP contribution in [0.15, 0.2) is 0 Å². The fourth-order valence-electron chi connectivity index (χ4n) is 2.05. The molecular weight excluding hydrogens is 382 g/mol. The first-order valence-corrected chi connectivity index (χ1v) is 7.52. The van der Waals surface area contributed by atoms with Gasteiger partial charge in [-0.05, 0) is 26.7 Å². The molecule has 0 aliphatic heterocycles. The summed E-state index contributed by atoms with van der Waals surface area (Å²) >= 11 is 0. The number of carbonyl (C=O) groups excluding carboxylic acids is 1. The van der Waals surface area contributed by atoms with E-state index in [1.165, 1.54) is 27.7 Å². The van der Waals surface area contributed by atoms with Crippen molar-refractivity contribution >= 4 is 11.9 Å². The lowest BCUT2D eigenvalue weighted by Gasteiger charge is -2.40. The van der Waals surface area contributed by atoms with Gasteiger partial charge in [-0.2, -0.15) is 35.1 Å². The molecule has 0 aliphatic carbocycles. The van der Waals surface area contributed by atoms with Crippen molar-refractivity contribution in [2.45, 2.75) is 76.3 Å². The van der Waals surface area contributed by atoms with Gasteiger partial charge in [0, 0.05) is 12.1 Å². The minimum atomic E-state index is -7.03. The van der Waals surface area contributed by atoms with Crippen LogP contribution in [0.5, 0.6) is 0 Å². The van der Waals surface area contributed by atoms with Gasteiger partial charge < -0.3 is 10.0 Å². The lowest BCUT2D eigenvalue weighted by atomic mass is 9.96. The molecular formula is C14H19F8NO3. The first-order chi connectivity index (χ1) is 11.4. The van der Waals surface area contributed by atoms with Gasteiger partial charge in [0.05, 0.1) is 0 Å². The first kappa shape index (κ1) is 24.4. The van der Waals surface area contributed by atoms with Gasteiger partial charge in [0.2, 0.25) is 0 Å². The number of carboxylic acid groups (broad SMARTS) is 1. The number of alkyl halides is 8. The van der Waals surface area contributed by atoms with E-state index < -0.39 is 47.7 Å². The molecule has 0 aromatic carbocycles.